The van der Waals surface area contributed by atoms with Crippen LogP contribution >= 0.6 is 0 Å². The highest BCUT2D eigenvalue weighted by Crippen LogP contribution is 2.37. The fourth-order valence-corrected chi connectivity index (χ4v) is 2.72. The Hall–Kier alpha value is -2.83. The summed E-state index contributed by atoms with van der Waals surface area (Å²) in [7, 11) is 0. The minimum Gasteiger partial charge on any atom is -0.481 e. The van der Waals surface area contributed by atoms with Crippen LogP contribution in [0.4, 0.5) is 4.79 Å². The Morgan fingerprint density at radius 3 is 1.78 bits per heavy atom. The highest BCUT2D eigenvalue weighted by atomic mass is 16.6. The number of aliphatic carboxylic acids is 3. The second kappa shape index (κ2) is 10.4. The standard InChI is InChI=1S/C17H26N2O8/c1-16(2,3)27-15(26)19-11(10-18)5-4-6-17(7-12(20)21,8-13(22)23)9-14(24)25/h11H,4-9H2,1-3H3,(H,19,26)(H,20,21)(H,22,23)(H,24,25)/t11-/m0/s1. The van der Waals surface area contributed by atoms with Gasteiger partial charge in [-0.1, -0.05) is 0 Å². The SMILES string of the molecule is CC(C)(C)OC(=O)N[C@H](C#N)CCCC(CC(=O)O)(CC(=O)O)CC(=O)O. The molecule has 0 aromatic rings. The molecule has 0 aromatic heterocycles. The zero-order valence-corrected chi connectivity index (χ0v) is 15.7. The summed E-state index contributed by atoms with van der Waals surface area (Å²) < 4.78 is 5.04. The minimum absolute atomic E-state index is 0.0356. The average molecular weight is 386 g/mol. The molecular formula is C17H26N2O8. The number of carboxylic acid groups (broad SMARTS) is 3. The first-order chi connectivity index (χ1) is 12.3. The van der Waals surface area contributed by atoms with E-state index in [1.165, 1.54) is 0 Å². The summed E-state index contributed by atoms with van der Waals surface area (Å²) in [5.74, 6) is -3.91. The second-order valence-electron chi connectivity index (χ2n) is 7.43. The molecule has 0 aliphatic heterocycles. The van der Waals surface area contributed by atoms with Gasteiger partial charge in [0.15, 0.2) is 0 Å². The molecule has 0 rings (SSSR count). The normalized spacial score (nSPS) is 12.5. The first-order valence-electron chi connectivity index (χ1n) is 8.33. The van der Waals surface area contributed by atoms with Crippen molar-refractivity contribution in [1.29, 1.82) is 5.26 Å². The van der Waals surface area contributed by atoms with Gasteiger partial charge in [-0.3, -0.25) is 14.4 Å². The number of hydrogen-bond donors (Lipinski definition) is 4. The van der Waals surface area contributed by atoms with Gasteiger partial charge in [-0.25, -0.2) is 4.79 Å². The van der Waals surface area contributed by atoms with Crippen LogP contribution in [0.25, 0.3) is 0 Å². The van der Waals surface area contributed by atoms with Gasteiger partial charge in [0, 0.05) is 5.41 Å². The van der Waals surface area contributed by atoms with E-state index in [9.17, 15) is 19.2 Å². The molecule has 152 valence electrons. The van der Waals surface area contributed by atoms with Crippen molar-refractivity contribution in [2.45, 2.75) is 70.9 Å². The largest absolute Gasteiger partial charge is 0.481 e. The molecule has 0 aromatic carbocycles. The molecule has 0 aliphatic carbocycles. The van der Waals surface area contributed by atoms with E-state index in [1.807, 2.05) is 6.07 Å². The minimum atomic E-state index is -1.48. The van der Waals surface area contributed by atoms with Gasteiger partial charge in [0.25, 0.3) is 0 Å². The Morgan fingerprint density at radius 1 is 1.00 bits per heavy atom. The fourth-order valence-electron chi connectivity index (χ4n) is 2.72. The number of ether oxygens (including phenoxy) is 1. The number of rotatable bonds is 11. The van der Waals surface area contributed by atoms with Gasteiger partial charge >= 0.3 is 24.0 Å². The maximum Gasteiger partial charge on any atom is 0.408 e. The predicted molar refractivity (Wildman–Crippen MR) is 91.8 cm³/mol. The fraction of sp³-hybridized carbons (Fsp3) is 0.706. The zero-order chi connectivity index (χ0) is 21.3. The van der Waals surface area contributed by atoms with Crippen LogP contribution in [0.3, 0.4) is 0 Å². The molecule has 10 heteroatoms. The van der Waals surface area contributed by atoms with Gasteiger partial charge in [-0.05, 0) is 40.0 Å². The summed E-state index contributed by atoms with van der Waals surface area (Å²) >= 11 is 0. The lowest BCUT2D eigenvalue weighted by atomic mass is 9.74. The van der Waals surface area contributed by atoms with Crippen LogP contribution in [-0.4, -0.2) is 51.0 Å². The predicted octanol–water partition coefficient (Wildman–Crippen LogP) is 1.98. The van der Waals surface area contributed by atoms with Crippen LogP contribution in [0.15, 0.2) is 0 Å². The molecule has 0 unspecified atom stereocenters. The maximum atomic E-state index is 11.7. The number of carbonyl (C=O) groups is 4. The molecule has 0 saturated carbocycles. The van der Waals surface area contributed by atoms with Crippen LogP contribution in [0.2, 0.25) is 0 Å². The van der Waals surface area contributed by atoms with Crippen molar-refractivity contribution in [2.24, 2.45) is 5.41 Å². The van der Waals surface area contributed by atoms with Crippen LogP contribution in [0.5, 0.6) is 0 Å². The number of nitrogens with one attached hydrogen (secondary N) is 1. The maximum absolute atomic E-state index is 11.7. The van der Waals surface area contributed by atoms with E-state index in [-0.39, 0.29) is 19.3 Å². The number of nitriles is 1. The van der Waals surface area contributed by atoms with Crippen LogP contribution in [0.1, 0.15) is 59.3 Å². The first kappa shape index (κ1) is 24.2. The zero-order valence-electron chi connectivity index (χ0n) is 15.7. The molecule has 0 radical (unpaired) electrons. The van der Waals surface area contributed by atoms with E-state index in [1.54, 1.807) is 20.8 Å². The van der Waals surface area contributed by atoms with E-state index in [2.05, 4.69) is 5.32 Å². The Bertz CT molecular complexity index is 562. The van der Waals surface area contributed by atoms with Crippen LogP contribution in [0, 0.1) is 16.7 Å². The van der Waals surface area contributed by atoms with Crippen molar-refractivity contribution < 1.29 is 39.2 Å². The third kappa shape index (κ3) is 11.4. The molecule has 1 amide bonds. The van der Waals surface area contributed by atoms with E-state index >= 15 is 0 Å². The highest BCUT2D eigenvalue weighted by Gasteiger charge is 2.37. The molecule has 0 fully saturated rings. The van der Waals surface area contributed by atoms with Gasteiger partial charge in [0.1, 0.15) is 11.6 Å². The van der Waals surface area contributed by atoms with Gasteiger partial charge in [-0.15, -0.1) is 0 Å². The molecule has 10 nitrogen and oxygen atoms in total. The summed E-state index contributed by atoms with van der Waals surface area (Å²) in [4.78, 5) is 45.0. The van der Waals surface area contributed by atoms with Crippen molar-refractivity contribution >= 4 is 24.0 Å². The summed E-state index contributed by atoms with van der Waals surface area (Å²) in [5.41, 5.74) is -2.22. The Balaban J connectivity index is 5.00. The lowest BCUT2D eigenvalue weighted by Crippen LogP contribution is -2.38. The summed E-state index contributed by atoms with van der Waals surface area (Å²) in [6, 6.07) is 0.933. The molecule has 0 spiro atoms. The van der Waals surface area contributed by atoms with Gasteiger partial charge in [-0.2, -0.15) is 5.26 Å². The smallest absolute Gasteiger partial charge is 0.408 e. The highest BCUT2D eigenvalue weighted by molar-refractivity contribution is 5.75. The third-order valence-electron chi connectivity index (χ3n) is 3.63. The Kier molecular flexibility index (Phi) is 9.27. The monoisotopic (exact) mass is 386 g/mol. The van der Waals surface area contributed by atoms with Gasteiger partial charge in [0.2, 0.25) is 0 Å². The molecular weight excluding hydrogens is 360 g/mol. The van der Waals surface area contributed by atoms with E-state index in [4.69, 9.17) is 25.3 Å². The number of hydrogen-bond acceptors (Lipinski definition) is 6. The quantitative estimate of drug-likeness (QED) is 0.414. The lowest BCUT2D eigenvalue weighted by molar-refractivity contribution is -0.147. The Labute approximate surface area is 157 Å². The molecule has 1 atom stereocenters. The molecule has 0 bridgehead atoms. The number of carbonyl (C=O) groups excluding carboxylic acids is 1. The van der Waals surface area contributed by atoms with Gasteiger partial charge in [0.05, 0.1) is 25.3 Å². The van der Waals surface area contributed by atoms with E-state index in [0.29, 0.717) is 0 Å². The van der Waals surface area contributed by atoms with Crippen molar-refractivity contribution in [2.75, 3.05) is 0 Å². The van der Waals surface area contributed by atoms with Gasteiger partial charge < -0.3 is 25.4 Å². The van der Waals surface area contributed by atoms with Crippen molar-refractivity contribution in [1.82, 2.24) is 5.32 Å². The molecule has 4 N–H and O–H groups in total. The van der Waals surface area contributed by atoms with E-state index in [0.717, 1.165) is 0 Å². The van der Waals surface area contributed by atoms with Crippen molar-refractivity contribution in [3.8, 4) is 6.07 Å². The average Bonchev–Trinajstić information content (AvgIpc) is 2.41. The van der Waals surface area contributed by atoms with Crippen LogP contribution < -0.4 is 5.32 Å². The number of carboxylic acids is 3. The number of nitrogens with zero attached hydrogens (tertiary/aromatic N) is 1. The third-order valence-corrected chi connectivity index (χ3v) is 3.63. The summed E-state index contributed by atoms with van der Waals surface area (Å²) in [6.45, 7) is 4.98. The summed E-state index contributed by atoms with van der Waals surface area (Å²) in [5, 5.41) is 38.6. The first-order valence-corrected chi connectivity index (χ1v) is 8.33. The van der Waals surface area contributed by atoms with Crippen LogP contribution in [-0.2, 0) is 19.1 Å². The number of amides is 1. The molecule has 0 saturated heterocycles. The lowest BCUT2D eigenvalue weighted by Gasteiger charge is -2.29. The Morgan fingerprint density at radius 2 is 1.44 bits per heavy atom. The molecule has 0 aliphatic rings. The topological polar surface area (TPSA) is 174 Å². The second-order valence-corrected chi connectivity index (χ2v) is 7.43. The van der Waals surface area contributed by atoms with E-state index < -0.39 is 60.3 Å². The van der Waals surface area contributed by atoms with Crippen molar-refractivity contribution in [3.05, 3.63) is 0 Å². The number of alkyl carbamates (subject to hydrolysis) is 1. The molecule has 0 heterocycles. The molecule has 27 heavy (non-hydrogen) atoms. The van der Waals surface area contributed by atoms with Crippen molar-refractivity contribution in [3.63, 3.8) is 0 Å². The summed E-state index contributed by atoms with van der Waals surface area (Å²) in [6.07, 6.45) is -2.45.